The second-order valence-corrected chi connectivity index (χ2v) is 6.72. The average Bonchev–Trinajstić information content (AvgIpc) is 2.54. The van der Waals surface area contributed by atoms with Crippen molar-refractivity contribution in [1.29, 1.82) is 0 Å². The molecule has 1 aliphatic heterocycles. The molecule has 142 valence electrons. The minimum absolute atomic E-state index is 0. The van der Waals surface area contributed by atoms with Crippen LogP contribution in [0, 0.1) is 6.92 Å². The molecule has 0 saturated carbocycles. The van der Waals surface area contributed by atoms with Crippen LogP contribution in [0.5, 0.6) is 0 Å². The molecule has 1 atom stereocenters. The number of rotatable bonds is 6. The Hall–Kier alpha value is -0.960. The summed E-state index contributed by atoms with van der Waals surface area (Å²) in [5, 5.41) is 5.46. The number of benzene rings is 1. The molecule has 1 heterocycles. The van der Waals surface area contributed by atoms with E-state index in [0.29, 0.717) is 26.2 Å². The summed E-state index contributed by atoms with van der Waals surface area (Å²) in [6.07, 6.45) is -4.35. The maximum atomic E-state index is 13.2. The Balaban J connectivity index is 0.00000312. The number of piperazine rings is 1. The molecular weight excluding hydrogens is 375 g/mol. The molecule has 25 heavy (non-hydrogen) atoms. The lowest BCUT2D eigenvalue weighted by Gasteiger charge is -2.35. The Kier molecular flexibility index (Phi) is 9.06. The number of nitrogens with one attached hydrogen (secondary N) is 2. The average molecular weight is 398 g/mol. The normalized spacial score (nSPS) is 16.8. The summed E-state index contributed by atoms with van der Waals surface area (Å²) in [4.78, 5) is 14.3. The fourth-order valence-corrected chi connectivity index (χ4v) is 3.43. The van der Waals surface area contributed by atoms with Crippen LogP contribution in [0.3, 0.4) is 0 Å². The second-order valence-electron chi connectivity index (χ2n) is 5.70. The lowest BCUT2D eigenvalue weighted by Crippen LogP contribution is -2.57. The van der Waals surface area contributed by atoms with Crippen molar-refractivity contribution in [2.24, 2.45) is 0 Å². The monoisotopic (exact) mass is 397 g/mol. The van der Waals surface area contributed by atoms with Crippen LogP contribution in [0.4, 0.5) is 13.2 Å². The van der Waals surface area contributed by atoms with Gasteiger partial charge in [0.15, 0.2) is 0 Å². The van der Waals surface area contributed by atoms with Crippen LogP contribution in [-0.2, 0) is 4.79 Å². The zero-order valence-electron chi connectivity index (χ0n) is 13.9. The summed E-state index contributed by atoms with van der Waals surface area (Å²) < 4.78 is 39.7. The van der Waals surface area contributed by atoms with E-state index in [2.05, 4.69) is 10.6 Å². The molecule has 0 radical (unpaired) electrons. The van der Waals surface area contributed by atoms with E-state index in [1.165, 1.54) is 16.7 Å². The molecule has 0 spiro atoms. The molecule has 1 unspecified atom stereocenters. The molecule has 1 aliphatic rings. The summed E-state index contributed by atoms with van der Waals surface area (Å²) in [5.41, 5.74) is 1.05. The highest BCUT2D eigenvalue weighted by atomic mass is 35.5. The molecule has 2 N–H and O–H groups in total. The van der Waals surface area contributed by atoms with E-state index < -0.39 is 18.8 Å². The molecule has 9 heteroatoms. The summed E-state index contributed by atoms with van der Waals surface area (Å²) in [7, 11) is 0. The highest BCUT2D eigenvalue weighted by Gasteiger charge is 2.43. The summed E-state index contributed by atoms with van der Waals surface area (Å²) in [5.74, 6) is -0.274. The van der Waals surface area contributed by atoms with Gasteiger partial charge in [0.2, 0.25) is 5.91 Å². The number of amides is 1. The van der Waals surface area contributed by atoms with E-state index in [1.807, 2.05) is 31.2 Å². The topological polar surface area (TPSA) is 44.4 Å². The van der Waals surface area contributed by atoms with Gasteiger partial charge in [-0.1, -0.05) is 18.2 Å². The van der Waals surface area contributed by atoms with Gasteiger partial charge in [0, 0.05) is 37.6 Å². The van der Waals surface area contributed by atoms with Gasteiger partial charge in [-0.25, -0.2) is 0 Å². The van der Waals surface area contributed by atoms with Gasteiger partial charge in [-0.3, -0.25) is 9.69 Å². The Morgan fingerprint density at radius 1 is 1.32 bits per heavy atom. The third kappa shape index (κ3) is 7.05. The van der Waals surface area contributed by atoms with Gasteiger partial charge in [0.25, 0.3) is 0 Å². The van der Waals surface area contributed by atoms with Crippen molar-refractivity contribution in [3.05, 3.63) is 29.8 Å². The van der Waals surface area contributed by atoms with Crippen LogP contribution in [0.2, 0.25) is 0 Å². The molecule has 0 bridgehead atoms. The van der Waals surface area contributed by atoms with Gasteiger partial charge in [-0.05, 0) is 18.6 Å². The van der Waals surface area contributed by atoms with Gasteiger partial charge >= 0.3 is 6.18 Å². The Morgan fingerprint density at radius 3 is 2.56 bits per heavy atom. The number of hydrogen-bond acceptors (Lipinski definition) is 4. The van der Waals surface area contributed by atoms with Gasteiger partial charge in [0.1, 0.15) is 6.04 Å². The standard InChI is InChI=1S/C16H22F3N3OS.ClH/c1-12-4-2-3-5-13(12)24-11-15(23)21-10-14(16(17,18)19)22-8-6-20-7-9-22;/h2-5,14,20H,6-11H2,1H3,(H,21,23);1H. The maximum Gasteiger partial charge on any atom is 0.405 e. The number of carbonyl (C=O) groups excluding carboxylic acids is 1. The van der Waals surface area contributed by atoms with E-state index in [1.54, 1.807) is 0 Å². The molecule has 1 aromatic carbocycles. The summed E-state index contributed by atoms with van der Waals surface area (Å²) in [6, 6.07) is 5.97. The molecule has 1 saturated heterocycles. The molecule has 2 rings (SSSR count). The van der Waals surface area contributed by atoms with Crippen LogP contribution >= 0.6 is 24.2 Å². The second kappa shape index (κ2) is 10.3. The van der Waals surface area contributed by atoms with Crippen LogP contribution in [0.15, 0.2) is 29.2 Å². The maximum absolute atomic E-state index is 13.2. The summed E-state index contributed by atoms with van der Waals surface area (Å²) >= 11 is 1.33. The van der Waals surface area contributed by atoms with Crippen molar-refractivity contribution in [3.63, 3.8) is 0 Å². The first kappa shape index (κ1) is 22.1. The van der Waals surface area contributed by atoms with Crippen LogP contribution in [0.1, 0.15) is 5.56 Å². The molecule has 1 fully saturated rings. The highest BCUT2D eigenvalue weighted by molar-refractivity contribution is 8.00. The van der Waals surface area contributed by atoms with Crippen molar-refractivity contribution in [3.8, 4) is 0 Å². The quantitative estimate of drug-likeness (QED) is 0.724. The third-order valence-corrected chi connectivity index (χ3v) is 5.09. The molecule has 1 amide bonds. The molecule has 0 aromatic heterocycles. The van der Waals surface area contributed by atoms with Gasteiger partial charge in [-0.15, -0.1) is 24.2 Å². The highest BCUT2D eigenvalue weighted by Crippen LogP contribution is 2.25. The number of carbonyl (C=O) groups is 1. The zero-order chi connectivity index (χ0) is 17.6. The Morgan fingerprint density at radius 2 is 1.96 bits per heavy atom. The third-order valence-electron chi connectivity index (χ3n) is 3.92. The van der Waals surface area contributed by atoms with E-state index in [0.717, 1.165) is 10.5 Å². The Bertz CT molecular complexity index is 554. The molecule has 1 aromatic rings. The van der Waals surface area contributed by atoms with E-state index in [9.17, 15) is 18.0 Å². The van der Waals surface area contributed by atoms with Crippen molar-refractivity contribution in [1.82, 2.24) is 15.5 Å². The lowest BCUT2D eigenvalue weighted by molar-refractivity contribution is -0.183. The number of hydrogen-bond donors (Lipinski definition) is 2. The predicted molar refractivity (Wildman–Crippen MR) is 96.4 cm³/mol. The van der Waals surface area contributed by atoms with Crippen LogP contribution in [-0.4, -0.2) is 61.5 Å². The number of thioether (sulfide) groups is 1. The fourth-order valence-electron chi connectivity index (χ4n) is 2.57. The number of halogens is 4. The minimum atomic E-state index is -4.35. The lowest BCUT2D eigenvalue weighted by atomic mass is 10.2. The molecule has 4 nitrogen and oxygen atoms in total. The van der Waals surface area contributed by atoms with E-state index in [-0.39, 0.29) is 24.1 Å². The van der Waals surface area contributed by atoms with Gasteiger partial charge in [0.05, 0.1) is 5.75 Å². The SMILES string of the molecule is Cc1ccccc1SCC(=O)NCC(N1CCNCC1)C(F)(F)F.Cl. The zero-order valence-corrected chi connectivity index (χ0v) is 15.6. The van der Waals surface area contributed by atoms with Crippen molar-refractivity contribution in [2.75, 3.05) is 38.5 Å². The van der Waals surface area contributed by atoms with Gasteiger partial charge < -0.3 is 10.6 Å². The van der Waals surface area contributed by atoms with Crippen LogP contribution in [0.25, 0.3) is 0 Å². The van der Waals surface area contributed by atoms with Crippen LogP contribution < -0.4 is 10.6 Å². The first-order valence-electron chi connectivity index (χ1n) is 7.84. The smallest absolute Gasteiger partial charge is 0.353 e. The van der Waals surface area contributed by atoms with E-state index >= 15 is 0 Å². The number of nitrogens with zero attached hydrogens (tertiary/aromatic N) is 1. The largest absolute Gasteiger partial charge is 0.405 e. The van der Waals surface area contributed by atoms with Crippen molar-refractivity contribution in [2.45, 2.75) is 24.0 Å². The van der Waals surface area contributed by atoms with Gasteiger partial charge in [-0.2, -0.15) is 13.2 Å². The summed E-state index contributed by atoms with van der Waals surface area (Å²) in [6.45, 7) is 3.25. The van der Waals surface area contributed by atoms with Crippen molar-refractivity contribution < 1.29 is 18.0 Å². The first-order valence-corrected chi connectivity index (χ1v) is 8.83. The van der Waals surface area contributed by atoms with Crippen molar-refractivity contribution >= 4 is 30.1 Å². The number of aryl methyl sites for hydroxylation is 1. The first-order chi connectivity index (χ1) is 11.4. The minimum Gasteiger partial charge on any atom is -0.353 e. The Labute approximate surface area is 156 Å². The fraction of sp³-hybridized carbons (Fsp3) is 0.562. The predicted octanol–water partition coefficient (Wildman–Crippen LogP) is 2.46. The van der Waals surface area contributed by atoms with E-state index in [4.69, 9.17) is 0 Å². The molecule has 0 aliphatic carbocycles. The number of alkyl halides is 3. The molecular formula is C16H23ClF3N3OS.